The molecule has 1 atom stereocenters. The molecule has 1 aromatic carbocycles. The number of esters is 1. The highest BCUT2D eigenvalue weighted by atomic mass is 16.6. The van der Waals surface area contributed by atoms with Crippen LogP contribution in [-0.2, 0) is 22.4 Å². The number of ether oxygens (including phenoxy) is 2. The minimum Gasteiger partial charge on any atom is -0.496 e. The number of aromatic amines is 1. The number of nitrogen functional groups attached to an aromatic ring is 1. The van der Waals surface area contributed by atoms with Gasteiger partial charge in [0.15, 0.2) is 5.82 Å². The molecule has 11 nitrogen and oxygen atoms in total. The Labute approximate surface area is 218 Å². The number of nitrogens with one attached hydrogen (secondary N) is 2. The van der Waals surface area contributed by atoms with Crippen molar-refractivity contribution < 1.29 is 14.3 Å². The lowest BCUT2D eigenvalue weighted by Crippen LogP contribution is -2.30. The summed E-state index contributed by atoms with van der Waals surface area (Å²) in [6, 6.07) is 5.81. The summed E-state index contributed by atoms with van der Waals surface area (Å²) >= 11 is 0. The Balaban J connectivity index is 1.90. The average Bonchev–Trinajstić information content (AvgIpc) is 3.31. The van der Waals surface area contributed by atoms with Gasteiger partial charge < -0.3 is 20.5 Å². The van der Waals surface area contributed by atoms with Crippen molar-refractivity contribution in [2.45, 2.75) is 84.8 Å². The fourth-order valence-corrected chi connectivity index (χ4v) is 4.11. The van der Waals surface area contributed by atoms with Crippen LogP contribution in [0.3, 0.4) is 0 Å². The van der Waals surface area contributed by atoms with Gasteiger partial charge in [-0.2, -0.15) is 10.2 Å². The van der Waals surface area contributed by atoms with Gasteiger partial charge in [0.05, 0.1) is 13.5 Å². The topological polar surface area (TPSA) is 154 Å². The Morgan fingerprint density at radius 1 is 1.22 bits per heavy atom. The second-order valence-electron chi connectivity index (χ2n) is 10.1. The normalized spacial score (nSPS) is 12.3. The van der Waals surface area contributed by atoms with E-state index in [-0.39, 0.29) is 24.4 Å². The molecule has 0 saturated heterocycles. The number of unbranched alkanes of at least 4 members (excludes halogenated alkanes) is 1. The molecule has 37 heavy (non-hydrogen) atoms. The zero-order valence-corrected chi connectivity index (χ0v) is 22.6. The van der Waals surface area contributed by atoms with Crippen molar-refractivity contribution in [3.63, 3.8) is 0 Å². The van der Waals surface area contributed by atoms with E-state index in [1.807, 2.05) is 39.8 Å². The van der Waals surface area contributed by atoms with Gasteiger partial charge in [0.25, 0.3) is 0 Å². The van der Waals surface area contributed by atoms with Gasteiger partial charge in [0, 0.05) is 30.1 Å². The van der Waals surface area contributed by atoms with Gasteiger partial charge in [-0.1, -0.05) is 37.1 Å². The number of nitrogens with zero attached hydrogens (tertiary/aromatic N) is 5. The Morgan fingerprint density at radius 2 is 2.00 bits per heavy atom. The fourth-order valence-electron chi connectivity index (χ4n) is 4.11. The summed E-state index contributed by atoms with van der Waals surface area (Å²) in [5, 5.41) is 17.7. The van der Waals surface area contributed by atoms with Gasteiger partial charge in [-0.3, -0.25) is 4.79 Å². The molecular weight excluding hydrogens is 472 g/mol. The van der Waals surface area contributed by atoms with Crippen molar-refractivity contribution in [2.24, 2.45) is 0 Å². The first-order valence-corrected chi connectivity index (χ1v) is 12.6. The number of hydrogen-bond donors (Lipinski definition) is 3. The Morgan fingerprint density at radius 3 is 2.65 bits per heavy atom. The number of hydrogen-bond acceptors (Lipinski definition) is 10. The van der Waals surface area contributed by atoms with Crippen LogP contribution < -0.4 is 15.8 Å². The largest absolute Gasteiger partial charge is 0.496 e. The molecule has 11 heteroatoms. The van der Waals surface area contributed by atoms with Crippen LogP contribution in [0.15, 0.2) is 18.2 Å². The van der Waals surface area contributed by atoms with Gasteiger partial charge in [-0.25, -0.2) is 4.98 Å². The van der Waals surface area contributed by atoms with Crippen LogP contribution in [0, 0.1) is 6.92 Å². The van der Waals surface area contributed by atoms with E-state index in [1.165, 1.54) is 0 Å². The third kappa shape index (κ3) is 8.40. The molecule has 0 fully saturated rings. The molecule has 2 aromatic heterocycles. The molecule has 4 N–H and O–H groups in total. The average molecular weight is 511 g/mol. The molecule has 0 bridgehead atoms. The van der Waals surface area contributed by atoms with Crippen molar-refractivity contribution in [1.29, 1.82) is 0 Å². The number of methoxy groups -OCH3 is 1. The highest BCUT2D eigenvalue weighted by Gasteiger charge is 2.23. The first-order valence-electron chi connectivity index (χ1n) is 12.6. The maximum Gasteiger partial charge on any atom is 0.308 e. The predicted octanol–water partition coefficient (Wildman–Crippen LogP) is 3.77. The second kappa shape index (κ2) is 12.5. The van der Waals surface area contributed by atoms with Crippen molar-refractivity contribution in [2.75, 3.05) is 18.2 Å². The number of rotatable bonds is 12. The van der Waals surface area contributed by atoms with Crippen LogP contribution in [0.1, 0.15) is 81.6 Å². The SMILES string of the molecule is CCCC[C@@H](CC(=O)OC(C)(C)C)Nc1nc(N)nc(C)c1Cc1cc(Cc2nn[nH]n2)ccc1OC. The third-order valence-corrected chi connectivity index (χ3v) is 5.77. The number of carbonyl (C=O) groups is 1. The van der Waals surface area contributed by atoms with E-state index in [4.69, 9.17) is 15.2 Å². The number of H-pyrrole nitrogens is 1. The van der Waals surface area contributed by atoms with E-state index >= 15 is 0 Å². The minimum atomic E-state index is -0.545. The molecule has 0 radical (unpaired) electrons. The number of tetrazole rings is 1. The van der Waals surface area contributed by atoms with Crippen molar-refractivity contribution >= 4 is 17.7 Å². The highest BCUT2D eigenvalue weighted by Crippen LogP contribution is 2.29. The van der Waals surface area contributed by atoms with Gasteiger partial charge in [-0.15, -0.1) is 10.2 Å². The summed E-state index contributed by atoms with van der Waals surface area (Å²) in [5.74, 6) is 1.88. The molecule has 0 aliphatic rings. The van der Waals surface area contributed by atoms with Crippen molar-refractivity contribution in [3.05, 3.63) is 46.4 Å². The lowest BCUT2D eigenvalue weighted by molar-refractivity contribution is -0.155. The third-order valence-electron chi connectivity index (χ3n) is 5.77. The van der Waals surface area contributed by atoms with Crippen LogP contribution in [0.5, 0.6) is 5.75 Å². The maximum absolute atomic E-state index is 12.6. The predicted molar refractivity (Wildman–Crippen MR) is 141 cm³/mol. The number of aryl methyl sites for hydroxylation is 1. The van der Waals surface area contributed by atoms with E-state index in [0.717, 1.165) is 47.4 Å². The molecule has 3 rings (SSSR count). The summed E-state index contributed by atoms with van der Waals surface area (Å²) < 4.78 is 11.2. The molecule has 2 heterocycles. The number of nitrogens with two attached hydrogens (primary N) is 1. The lowest BCUT2D eigenvalue weighted by atomic mass is 9.99. The minimum absolute atomic E-state index is 0.159. The summed E-state index contributed by atoms with van der Waals surface area (Å²) in [5.41, 5.74) is 9.11. The van der Waals surface area contributed by atoms with Crippen molar-refractivity contribution in [1.82, 2.24) is 30.6 Å². The number of anilines is 2. The first-order chi connectivity index (χ1) is 17.6. The molecule has 0 saturated carbocycles. The molecule has 3 aromatic rings. The molecule has 0 unspecified atom stereocenters. The van der Waals surface area contributed by atoms with Gasteiger partial charge in [-0.05, 0) is 51.3 Å². The van der Waals surface area contributed by atoms with Gasteiger partial charge in [0.2, 0.25) is 5.95 Å². The van der Waals surface area contributed by atoms with Crippen LogP contribution in [0.2, 0.25) is 0 Å². The van der Waals surface area contributed by atoms with E-state index < -0.39 is 5.60 Å². The Kier molecular flexibility index (Phi) is 9.37. The van der Waals surface area contributed by atoms with Crippen molar-refractivity contribution in [3.8, 4) is 5.75 Å². The van der Waals surface area contributed by atoms with E-state index in [9.17, 15) is 4.79 Å². The van der Waals surface area contributed by atoms with Gasteiger partial charge in [0.1, 0.15) is 17.2 Å². The van der Waals surface area contributed by atoms with E-state index in [0.29, 0.717) is 24.5 Å². The molecule has 0 aliphatic heterocycles. The molecule has 0 amide bonds. The molecule has 200 valence electrons. The summed E-state index contributed by atoms with van der Waals surface area (Å²) in [4.78, 5) is 21.6. The smallest absolute Gasteiger partial charge is 0.308 e. The summed E-state index contributed by atoms with van der Waals surface area (Å²) in [6.07, 6.45) is 4.02. The Hall–Kier alpha value is -3.76. The summed E-state index contributed by atoms with van der Waals surface area (Å²) in [6.45, 7) is 9.63. The van der Waals surface area contributed by atoms with Crippen LogP contribution in [-0.4, -0.2) is 55.3 Å². The number of carbonyl (C=O) groups excluding carboxylic acids is 1. The fraction of sp³-hybridized carbons (Fsp3) is 0.538. The van der Waals surface area contributed by atoms with Crippen LogP contribution >= 0.6 is 0 Å². The standard InChI is InChI=1S/C26H38N8O3/c1-7-8-9-19(15-23(35)37-26(3,4)5)29-24-20(16(2)28-25(27)30-24)14-18-12-17(10-11-21(18)36-6)13-22-31-33-34-32-22/h10-12,19H,7-9,13-15H2,1-6H3,(H3,27,28,29,30)(H,31,32,33,34)/t19-/m0/s1. The van der Waals surface area contributed by atoms with E-state index in [2.05, 4.69) is 48.9 Å². The summed E-state index contributed by atoms with van der Waals surface area (Å²) in [7, 11) is 1.64. The zero-order valence-electron chi connectivity index (χ0n) is 22.6. The number of aromatic nitrogens is 6. The second-order valence-corrected chi connectivity index (χ2v) is 10.1. The quantitative estimate of drug-likeness (QED) is 0.307. The highest BCUT2D eigenvalue weighted by molar-refractivity contribution is 5.71. The molecular formula is C26H38N8O3. The number of benzene rings is 1. The van der Waals surface area contributed by atoms with Crippen LogP contribution in [0.4, 0.5) is 11.8 Å². The zero-order chi connectivity index (χ0) is 27.0. The molecule has 0 aliphatic carbocycles. The molecule has 0 spiro atoms. The first kappa shape index (κ1) is 27.8. The van der Waals surface area contributed by atoms with E-state index in [1.54, 1.807) is 7.11 Å². The lowest BCUT2D eigenvalue weighted by Gasteiger charge is -2.24. The maximum atomic E-state index is 12.6. The van der Waals surface area contributed by atoms with Crippen LogP contribution in [0.25, 0.3) is 0 Å². The Bertz CT molecular complexity index is 1180. The van der Waals surface area contributed by atoms with Gasteiger partial charge >= 0.3 is 5.97 Å². The monoisotopic (exact) mass is 510 g/mol.